The van der Waals surface area contributed by atoms with Gasteiger partial charge in [-0.3, -0.25) is 4.79 Å². The van der Waals surface area contributed by atoms with Crippen molar-refractivity contribution in [3.05, 3.63) is 54.1 Å². The van der Waals surface area contributed by atoms with Crippen LogP contribution in [0.15, 0.2) is 53.4 Å². The van der Waals surface area contributed by atoms with E-state index in [4.69, 9.17) is 4.74 Å². The zero-order chi connectivity index (χ0) is 21.4. The first-order chi connectivity index (χ1) is 13.8. The topological polar surface area (TPSA) is 87.7 Å². The van der Waals surface area contributed by atoms with Crippen LogP contribution in [0.4, 0.5) is 5.69 Å². The Labute approximate surface area is 173 Å². The molecule has 0 saturated heterocycles. The number of amides is 1. The molecule has 0 aliphatic rings. The molecule has 2 aromatic carbocycles. The van der Waals surface area contributed by atoms with Gasteiger partial charge in [-0.1, -0.05) is 44.2 Å². The third-order valence-electron chi connectivity index (χ3n) is 4.66. The van der Waals surface area contributed by atoms with Crippen molar-refractivity contribution in [2.24, 2.45) is 0 Å². The third-order valence-corrected chi connectivity index (χ3v) is 6.70. The minimum absolute atomic E-state index is 0.00164. The maximum atomic E-state index is 12.8. The Bertz CT molecular complexity index is 913. The van der Waals surface area contributed by atoms with Gasteiger partial charge in [0.05, 0.1) is 24.2 Å². The first-order valence-electron chi connectivity index (χ1n) is 9.59. The highest BCUT2D eigenvalue weighted by molar-refractivity contribution is 7.89. The number of nitrogens with one attached hydrogen (secondary N) is 2. The van der Waals surface area contributed by atoms with Crippen molar-refractivity contribution in [1.82, 2.24) is 9.62 Å². The molecular formula is C21H29N3O4S. The molecule has 0 spiro atoms. The lowest BCUT2D eigenvalue weighted by atomic mass is 10.1. The second-order valence-electron chi connectivity index (χ2n) is 6.51. The summed E-state index contributed by atoms with van der Waals surface area (Å²) < 4.78 is 32.2. The summed E-state index contributed by atoms with van der Waals surface area (Å²) in [4.78, 5) is 12.5. The monoisotopic (exact) mass is 419 g/mol. The van der Waals surface area contributed by atoms with E-state index in [-0.39, 0.29) is 23.4 Å². The average molecular weight is 420 g/mol. The molecule has 0 radical (unpaired) electrons. The second kappa shape index (κ2) is 10.4. The van der Waals surface area contributed by atoms with Crippen LogP contribution in [0.1, 0.15) is 32.4 Å². The van der Waals surface area contributed by atoms with Crippen LogP contribution in [0, 0.1) is 0 Å². The van der Waals surface area contributed by atoms with E-state index in [0.717, 1.165) is 5.56 Å². The summed E-state index contributed by atoms with van der Waals surface area (Å²) in [5.41, 5.74) is 1.39. The van der Waals surface area contributed by atoms with E-state index in [2.05, 4.69) is 10.6 Å². The lowest BCUT2D eigenvalue weighted by Crippen LogP contribution is -2.31. The highest BCUT2D eigenvalue weighted by atomic mass is 32.2. The number of carbonyl (C=O) groups is 1. The minimum Gasteiger partial charge on any atom is -0.495 e. The van der Waals surface area contributed by atoms with E-state index < -0.39 is 10.0 Å². The molecular weight excluding hydrogens is 390 g/mol. The molecule has 0 heterocycles. The van der Waals surface area contributed by atoms with Gasteiger partial charge < -0.3 is 15.4 Å². The molecule has 2 rings (SSSR count). The maximum absolute atomic E-state index is 12.8. The Balaban J connectivity index is 2.13. The Kier molecular flexibility index (Phi) is 8.19. The number of benzene rings is 2. The highest BCUT2D eigenvalue weighted by Gasteiger charge is 2.23. The largest absolute Gasteiger partial charge is 0.495 e. The van der Waals surface area contributed by atoms with E-state index >= 15 is 0 Å². The summed E-state index contributed by atoms with van der Waals surface area (Å²) in [6.45, 7) is 6.36. The highest BCUT2D eigenvalue weighted by Crippen LogP contribution is 2.29. The van der Waals surface area contributed by atoms with Crippen molar-refractivity contribution in [2.45, 2.75) is 31.7 Å². The molecule has 2 N–H and O–H groups in total. The zero-order valence-corrected chi connectivity index (χ0v) is 18.1. The molecule has 7 nitrogen and oxygen atoms in total. The van der Waals surface area contributed by atoms with Crippen LogP contribution in [0.25, 0.3) is 0 Å². The number of methoxy groups -OCH3 is 1. The van der Waals surface area contributed by atoms with Gasteiger partial charge in [0.15, 0.2) is 0 Å². The van der Waals surface area contributed by atoms with E-state index in [1.165, 1.54) is 23.5 Å². The molecule has 0 bridgehead atoms. The van der Waals surface area contributed by atoms with Gasteiger partial charge >= 0.3 is 0 Å². The minimum atomic E-state index is -3.64. The van der Waals surface area contributed by atoms with Gasteiger partial charge in [0.25, 0.3) is 0 Å². The van der Waals surface area contributed by atoms with E-state index in [1.807, 2.05) is 37.3 Å². The molecule has 0 fully saturated rings. The molecule has 1 amide bonds. The molecule has 0 aliphatic carbocycles. The van der Waals surface area contributed by atoms with E-state index in [0.29, 0.717) is 24.5 Å². The molecule has 158 valence electrons. The fourth-order valence-corrected chi connectivity index (χ4v) is 4.44. The molecule has 0 aliphatic heterocycles. The van der Waals surface area contributed by atoms with Crippen LogP contribution < -0.4 is 15.4 Å². The molecule has 0 unspecified atom stereocenters. The molecule has 1 atom stereocenters. The summed E-state index contributed by atoms with van der Waals surface area (Å²) in [5, 5.41) is 5.90. The van der Waals surface area contributed by atoms with Gasteiger partial charge in [-0.2, -0.15) is 4.31 Å². The van der Waals surface area contributed by atoms with Gasteiger partial charge in [0.2, 0.25) is 15.9 Å². The molecule has 29 heavy (non-hydrogen) atoms. The van der Waals surface area contributed by atoms with E-state index in [1.54, 1.807) is 19.9 Å². The number of hydrogen-bond donors (Lipinski definition) is 2. The Hall–Kier alpha value is -2.42. The fourth-order valence-electron chi connectivity index (χ4n) is 2.96. The summed E-state index contributed by atoms with van der Waals surface area (Å²) in [6.07, 6.45) is 0. The number of rotatable bonds is 10. The number of carbonyl (C=O) groups excluding carboxylic acids is 1. The van der Waals surface area contributed by atoms with Gasteiger partial charge in [-0.25, -0.2) is 8.42 Å². The van der Waals surface area contributed by atoms with Gasteiger partial charge in [-0.05, 0) is 30.7 Å². The SMILES string of the molecule is CCN(CC)S(=O)(=O)c1ccc(OC)c(NC(=O)CN[C@@H](C)c2ccccc2)c1. The number of hydrogen-bond acceptors (Lipinski definition) is 5. The van der Waals surface area contributed by atoms with Crippen molar-refractivity contribution in [2.75, 3.05) is 32.1 Å². The van der Waals surface area contributed by atoms with Gasteiger partial charge in [0.1, 0.15) is 5.75 Å². The number of anilines is 1. The number of nitrogens with zero attached hydrogens (tertiary/aromatic N) is 1. The molecule has 0 saturated carbocycles. The molecule has 8 heteroatoms. The lowest BCUT2D eigenvalue weighted by Gasteiger charge is -2.20. The molecule has 2 aromatic rings. The van der Waals surface area contributed by atoms with Crippen LogP contribution in [0.2, 0.25) is 0 Å². The smallest absolute Gasteiger partial charge is 0.243 e. The third kappa shape index (κ3) is 5.79. The van der Waals surface area contributed by atoms with Crippen molar-refractivity contribution in [1.29, 1.82) is 0 Å². The van der Waals surface area contributed by atoms with Crippen LogP contribution in [0.3, 0.4) is 0 Å². The van der Waals surface area contributed by atoms with Gasteiger partial charge in [0, 0.05) is 19.1 Å². The summed E-state index contributed by atoms with van der Waals surface area (Å²) in [5.74, 6) is 0.108. The first kappa shape index (κ1) is 22.9. The van der Waals surface area contributed by atoms with Crippen LogP contribution in [-0.4, -0.2) is 45.4 Å². The number of sulfonamides is 1. The maximum Gasteiger partial charge on any atom is 0.243 e. The number of ether oxygens (including phenoxy) is 1. The predicted octanol–water partition coefficient (Wildman–Crippen LogP) is 3.02. The predicted molar refractivity (Wildman–Crippen MR) is 115 cm³/mol. The van der Waals surface area contributed by atoms with Crippen molar-refractivity contribution in [3.8, 4) is 5.75 Å². The summed E-state index contributed by atoms with van der Waals surface area (Å²) in [6, 6.07) is 14.3. The fraction of sp³-hybridized carbons (Fsp3) is 0.381. The van der Waals surface area contributed by atoms with Crippen molar-refractivity contribution in [3.63, 3.8) is 0 Å². The second-order valence-corrected chi connectivity index (χ2v) is 8.45. The Morgan fingerprint density at radius 3 is 2.34 bits per heavy atom. The zero-order valence-electron chi connectivity index (χ0n) is 17.3. The van der Waals surface area contributed by atoms with Gasteiger partial charge in [-0.15, -0.1) is 0 Å². The van der Waals surface area contributed by atoms with Crippen LogP contribution in [-0.2, 0) is 14.8 Å². The summed E-state index contributed by atoms with van der Waals surface area (Å²) >= 11 is 0. The first-order valence-corrected chi connectivity index (χ1v) is 11.0. The van der Waals surface area contributed by atoms with E-state index in [9.17, 15) is 13.2 Å². The Morgan fingerprint density at radius 1 is 1.10 bits per heavy atom. The van der Waals surface area contributed by atoms with Crippen molar-refractivity contribution >= 4 is 21.6 Å². The van der Waals surface area contributed by atoms with Crippen LogP contribution in [0.5, 0.6) is 5.75 Å². The van der Waals surface area contributed by atoms with Crippen molar-refractivity contribution < 1.29 is 17.9 Å². The Morgan fingerprint density at radius 2 is 1.76 bits per heavy atom. The quantitative estimate of drug-likeness (QED) is 0.618. The normalized spacial score (nSPS) is 12.6. The average Bonchev–Trinajstić information content (AvgIpc) is 2.73. The molecule has 0 aromatic heterocycles. The standard InChI is InChI=1S/C21H29N3O4S/c1-5-24(6-2)29(26,27)18-12-13-20(28-4)19(14-18)23-21(25)15-22-16(3)17-10-8-7-9-11-17/h7-14,16,22H,5-6,15H2,1-4H3,(H,23,25)/t16-/m0/s1. The lowest BCUT2D eigenvalue weighted by molar-refractivity contribution is -0.115. The van der Waals surface area contributed by atoms with Crippen LogP contribution >= 0.6 is 0 Å². The summed E-state index contributed by atoms with van der Waals surface area (Å²) in [7, 11) is -2.16.